The SMILES string of the molecule is CCOc1ccccc1-n1nnc(C(=O)Nc2c(C)cccc2CC)c1C. The number of hydrogen-bond acceptors (Lipinski definition) is 4. The third-order valence-corrected chi connectivity index (χ3v) is 4.48. The number of carbonyl (C=O) groups excluding carboxylic acids is 1. The number of nitrogens with one attached hydrogen (secondary N) is 1. The van der Waals surface area contributed by atoms with Crippen molar-refractivity contribution in [3.8, 4) is 11.4 Å². The first-order valence-corrected chi connectivity index (χ1v) is 9.11. The first-order chi connectivity index (χ1) is 13.1. The van der Waals surface area contributed by atoms with Crippen LogP contribution in [0.3, 0.4) is 0 Å². The van der Waals surface area contributed by atoms with Gasteiger partial charge in [-0.2, -0.15) is 0 Å². The van der Waals surface area contributed by atoms with Crippen LogP contribution >= 0.6 is 0 Å². The van der Waals surface area contributed by atoms with Crippen LogP contribution in [-0.4, -0.2) is 27.5 Å². The van der Waals surface area contributed by atoms with Crippen LogP contribution in [0.15, 0.2) is 42.5 Å². The lowest BCUT2D eigenvalue weighted by Gasteiger charge is -2.13. The summed E-state index contributed by atoms with van der Waals surface area (Å²) in [5.41, 5.74) is 4.67. The Bertz CT molecular complexity index is 963. The molecular formula is C21H24N4O2. The van der Waals surface area contributed by atoms with Gasteiger partial charge in [0.05, 0.1) is 12.3 Å². The molecule has 1 aromatic heterocycles. The van der Waals surface area contributed by atoms with Crippen molar-refractivity contribution in [1.82, 2.24) is 15.0 Å². The molecule has 0 radical (unpaired) electrons. The van der Waals surface area contributed by atoms with Crippen LogP contribution in [0, 0.1) is 13.8 Å². The van der Waals surface area contributed by atoms with Gasteiger partial charge in [-0.25, -0.2) is 4.68 Å². The summed E-state index contributed by atoms with van der Waals surface area (Å²) in [6.07, 6.45) is 0.838. The minimum Gasteiger partial charge on any atom is -0.492 e. The second-order valence-corrected chi connectivity index (χ2v) is 6.25. The van der Waals surface area contributed by atoms with Gasteiger partial charge in [0, 0.05) is 5.69 Å². The van der Waals surface area contributed by atoms with Crippen LogP contribution in [0.2, 0.25) is 0 Å². The zero-order valence-corrected chi connectivity index (χ0v) is 16.1. The summed E-state index contributed by atoms with van der Waals surface area (Å²) in [5.74, 6) is 0.434. The predicted molar refractivity (Wildman–Crippen MR) is 106 cm³/mol. The molecule has 1 amide bonds. The molecule has 0 aliphatic carbocycles. The molecule has 3 aromatic rings. The molecule has 0 aliphatic heterocycles. The molecule has 0 spiro atoms. The summed E-state index contributed by atoms with van der Waals surface area (Å²) in [7, 11) is 0. The van der Waals surface area contributed by atoms with Crippen molar-refractivity contribution < 1.29 is 9.53 Å². The Morgan fingerprint density at radius 2 is 1.89 bits per heavy atom. The molecule has 0 atom stereocenters. The summed E-state index contributed by atoms with van der Waals surface area (Å²) in [6, 6.07) is 13.6. The molecule has 0 unspecified atom stereocenters. The summed E-state index contributed by atoms with van der Waals surface area (Å²) in [4.78, 5) is 12.9. The highest BCUT2D eigenvalue weighted by molar-refractivity contribution is 6.04. The molecule has 27 heavy (non-hydrogen) atoms. The Labute approximate surface area is 159 Å². The summed E-state index contributed by atoms with van der Waals surface area (Å²) in [6.45, 7) is 8.35. The third-order valence-electron chi connectivity index (χ3n) is 4.48. The number of carbonyl (C=O) groups is 1. The smallest absolute Gasteiger partial charge is 0.278 e. The maximum atomic E-state index is 12.9. The van der Waals surface area contributed by atoms with Gasteiger partial charge in [-0.1, -0.05) is 42.5 Å². The molecule has 3 rings (SSSR count). The number of anilines is 1. The molecule has 0 saturated heterocycles. The first-order valence-electron chi connectivity index (χ1n) is 9.11. The van der Waals surface area contributed by atoms with E-state index in [0.717, 1.165) is 28.9 Å². The predicted octanol–water partition coefficient (Wildman–Crippen LogP) is 4.10. The molecule has 6 nitrogen and oxygen atoms in total. The zero-order valence-electron chi connectivity index (χ0n) is 16.1. The molecule has 0 bridgehead atoms. The normalized spacial score (nSPS) is 10.7. The van der Waals surface area contributed by atoms with E-state index in [1.165, 1.54) is 0 Å². The van der Waals surface area contributed by atoms with Crippen molar-refractivity contribution in [2.75, 3.05) is 11.9 Å². The van der Waals surface area contributed by atoms with Crippen molar-refractivity contribution in [3.63, 3.8) is 0 Å². The minimum absolute atomic E-state index is 0.267. The number of rotatable bonds is 6. The maximum Gasteiger partial charge on any atom is 0.278 e. The lowest BCUT2D eigenvalue weighted by atomic mass is 10.1. The lowest BCUT2D eigenvalue weighted by Crippen LogP contribution is -2.16. The lowest BCUT2D eigenvalue weighted by molar-refractivity contribution is 0.102. The van der Waals surface area contributed by atoms with Gasteiger partial charge in [0.2, 0.25) is 0 Å². The molecule has 6 heteroatoms. The van der Waals surface area contributed by atoms with E-state index >= 15 is 0 Å². The number of benzene rings is 2. The maximum absolute atomic E-state index is 12.9. The van der Waals surface area contributed by atoms with Crippen LogP contribution in [-0.2, 0) is 6.42 Å². The van der Waals surface area contributed by atoms with E-state index in [4.69, 9.17) is 4.74 Å². The Hall–Kier alpha value is -3.15. The highest BCUT2D eigenvalue weighted by atomic mass is 16.5. The van der Waals surface area contributed by atoms with Gasteiger partial charge in [0.15, 0.2) is 5.69 Å². The number of amides is 1. The highest BCUT2D eigenvalue weighted by Gasteiger charge is 2.20. The minimum atomic E-state index is -0.267. The van der Waals surface area contributed by atoms with Gasteiger partial charge in [-0.15, -0.1) is 5.10 Å². The van der Waals surface area contributed by atoms with Crippen LogP contribution in [0.1, 0.15) is 41.2 Å². The van der Waals surface area contributed by atoms with Gasteiger partial charge in [0.25, 0.3) is 5.91 Å². The Balaban J connectivity index is 1.94. The fourth-order valence-corrected chi connectivity index (χ4v) is 3.05. The largest absolute Gasteiger partial charge is 0.492 e. The van der Waals surface area contributed by atoms with E-state index in [9.17, 15) is 4.79 Å². The van der Waals surface area contributed by atoms with Crippen LogP contribution < -0.4 is 10.1 Å². The Kier molecular flexibility index (Phi) is 5.54. The average Bonchev–Trinajstić information content (AvgIpc) is 3.05. The first kappa shape index (κ1) is 18.6. The monoisotopic (exact) mass is 364 g/mol. The summed E-state index contributed by atoms with van der Waals surface area (Å²) < 4.78 is 7.31. The van der Waals surface area contributed by atoms with Gasteiger partial charge in [-0.3, -0.25) is 4.79 Å². The summed E-state index contributed by atoms with van der Waals surface area (Å²) in [5, 5.41) is 11.3. The van der Waals surface area contributed by atoms with Crippen LogP contribution in [0.4, 0.5) is 5.69 Å². The average molecular weight is 364 g/mol. The number of aryl methyl sites for hydroxylation is 2. The molecule has 1 heterocycles. The molecular weight excluding hydrogens is 340 g/mol. The second-order valence-electron chi connectivity index (χ2n) is 6.25. The Morgan fingerprint density at radius 1 is 1.11 bits per heavy atom. The van der Waals surface area contributed by atoms with E-state index < -0.39 is 0 Å². The number of ether oxygens (including phenoxy) is 1. The Morgan fingerprint density at radius 3 is 2.63 bits per heavy atom. The molecule has 1 N–H and O–H groups in total. The van der Waals surface area contributed by atoms with E-state index in [1.54, 1.807) is 4.68 Å². The van der Waals surface area contributed by atoms with E-state index in [2.05, 4.69) is 22.6 Å². The fourth-order valence-electron chi connectivity index (χ4n) is 3.05. The van der Waals surface area contributed by atoms with E-state index in [-0.39, 0.29) is 5.91 Å². The van der Waals surface area contributed by atoms with Crippen molar-refractivity contribution in [1.29, 1.82) is 0 Å². The van der Waals surface area contributed by atoms with Crippen molar-refractivity contribution in [2.45, 2.75) is 34.1 Å². The van der Waals surface area contributed by atoms with Crippen LogP contribution in [0.25, 0.3) is 5.69 Å². The third kappa shape index (κ3) is 3.69. The van der Waals surface area contributed by atoms with E-state index in [0.29, 0.717) is 23.7 Å². The van der Waals surface area contributed by atoms with Crippen molar-refractivity contribution in [3.05, 3.63) is 65.0 Å². The molecule has 2 aromatic carbocycles. The fraction of sp³-hybridized carbons (Fsp3) is 0.286. The number of hydrogen-bond donors (Lipinski definition) is 1. The van der Waals surface area contributed by atoms with Gasteiger partial charge < -0.3 is 10.1 Å². The highest BCUT2D eigenvalue weighted by Crippen LogP contribution is 2.25. The van der Waals surface area contributed by atoms with Crippen molar-refractivity contribution in [2.24, 2.45) is 0 Å². The molecule has 0 saturated carbocycles. The zero-order chi connectivity index (χ0) is 19.4. The van der Waals surface area contributed by atoms with E-state index in [1.807, 2.05) is 63.2 Å². The topological polar surface area (TPSA) is 69.0 Å². The quantitative estimate of drug-likeness (QED) is 0.715. The second kappa shape index (κ2) is 8.03. The van der Waals surface area contributed by atoms with Gasteiger partial charge in [0.1, 0.15) is 11.4 Å². The number of aromatic nitrogens is 3. The van der Waals surface area contributed by atoms with Crippen LogP contribution in [0.5, 0.6) is 5.75 Å². The molecule has 0 fully saturated rings. The van der Waals surface area contributed by atoms with Gasteiger partial charge >= 0.3 is 0 Å². The van der Waals surface area contributed by atoms with Gasteiger partial charge in [-0.05, 0) is 50.5 Å². The number of nitrogens with zero attached hydrogens (tertiary/aromatic N) is 3. The number of para-hydroxylation sites is 3. The van der Waals surface area contributed by atoms with Crippen molar-refractivity contribution >= 4 is 11.6 Å². The molecule has 0 aliphatic rings. The standard InChI is InChI=1S/C21H24N4O2/c1-5-16-11-9-10-14(3)19(16)22-21(26)20-15(4)25(24-23-20)17-12-7-8-13-18(17)27-6-2/h7-13H,5-6H2,1-4H3,(H,22,26). The molecule has 140 valence electrons. The summed E-state index contributed by atoms with van der Waals surface area (Å²) >= 11 is 0.